The topological polar surface area (TPSA) is 230 Å². The summed E-state index contributed by atoms with van der Waals surface area (Å²) in [6, 6.07) is -3.92. The van der Waals surface area contributed by atoms with E-state index < -0.39 is 47.9 Å². The molecule has 1 aromatic rings. The monoisotopic (exact) mass is 425 g/mol. The zero-order chi connectivity index (χ0) is 22.4. The molecule has 2 heterocycles. The second-order valence-corrected chi connectivity index (χ2v) is 6.10. The lowest BCUT2D eigenvalue weighted by molar-refractivity contribution is -0.141. The smallest absolute Gasteiger partial charge is 0.328 e. The number of nitrogens with zero attached hydrogens (tertiary/aromatic N) is 3. The van der Waals surface area contributed by atoms with Crippen LogP contribution in [0, 0.1) is 0 Å². The second-order valence-electron chi connectivity index (χ2n) is 6.10. The number of aliphatic hydroxyl groups is 1. The number of carboxylic acids is 1. The van der Waals surface area contributed by atoms with E-state index in [1.54, 1.807) is 0 Å². The molecule has 1 aliphatic rings. The molecule has 1 fully saturated rings. The maximum atomic E-state index is 12.1. The number of primary amides is 1. The number of rotatable bonds is 8. The third-order valence-corrected chi connectivity index (χ3v) is 3.75. The van der Waals surface area contributed by atoms with Crippen LogP contribution in [0.25, 0.3) is 0 Å². The molecule has 0 bridgehead atoms. The molecule has 30 heavy (non-hydrogen) atoms. The van der Waals surface area contributed by atoms with Gasteiger partial charge in [-0.15, -0.1) is 0 Å². The molecule has 162 valence electrons. The number of nitrogens with one attached hydrogen (secondary N) is 3. The molecule has 2 rings (SSSR count). The van der Waals surface area contributed by atoms with Gasteiger partial charge in [-0.05, 0) is 18.2 Å². The Labute approximate surface area is 168 Å². The largest absolute Gasteiger partial charge is 0.480 e. The van der Waals surface area contributed by atoms with Crippen LogP contribution in [0.3, 0.4) is 0 Å². The van der Waals surface area contributed by atoms with Gasteiger partial charge in [0.2, 0.25) is 17.7 Å². The first-order valence-electron chi connectivity index (χ1n) is 8.44. The lowest BCUT2D eigenvalue weighted by Crippen LogP contribution is -2.52. The highest BCUT2D eigenvalue weighted by molar-refractivity contribution is 6.03. The van der Waals surface area contributed by atoms with E-state index in [9.17, 15) is 29.1 Å². The zero-order valence-corrected chi connectivity index (χ0v) is 15.6. The second kappa shape index (κ2) is 9.46. The van der Waals surface area contributed by atoms with Gasteiger partial charge in [-0.25, -0.2) is 9.59 Å². The number of urea groups is 1. The predicted octanol–water partition coefficient (Wildman–Crippen LogP) is -3.25. The number of piperazine rings is 1. The Hall–Kier alpha value is -4.01. The number of hydrogen-bond donors (Lipinski definition) is 6. The summed E-state index contributed by atoms with van der Waals surface area (Å²) in [6.07, 6.45) is 0.568. The van der Waals surface area contributed by atoms with Crippen molar-refractivity contribution in [1.29, 1.82) is 0 Å². The van der Waals surface area contributed by atoms with Crippen LogP contribution in [0.4, 0.5) is 10.7 Å². The minimum atomic E-state index is -1.62. The lowest BCUT2D eigenvalue weighted by Gasteiger charge is -2.22. The molecule has 1 aromatic heterocycles. The van der Waals surface area contributed by atoms with Gasteiger partial charge in [0.1, 0.15) is 12.6 Å². The van der Waals surface area contributed by atoms with E-state index in [2.05, 4.69) is 20.8 Å². The normalized spacial score (nSPS) is 17.2. The maximum Gasteiger partial charge on any atom is 0.328 e. The summed E-state index contributed by atoms with van der Waals surface area (Å²) < 4.78 is 5.00. The molecule has 0 aliphatic carbocycles. The van der Waals surface area contributed by atoms with Crippen molar-refractivity contribution in [2.45, 2.75) is 25.1 Å². The van der Waals surface area contributed by atoms with Crippen LogP contribution in [-0.4, -0.2) is 75.3 Å². The predicted molar refractivity (Wildman–Crippen MR) is 95.5 cm³/mol. The highest BCUT2D eigenvalue weighted by atomic mass is 16.5. The minimum Gasteiger partial charge on any atom is -0.480 e. The van der Waals surface area contributed by atoms with Crippen molar-refractivity contribution in [3.8, 4) is 0 Å². The van der Waals surface area contributed by atoms with E-state index in [0.29, 0.717) is 0 Å². The molecule has 0 aromatic carbocycles. The molecule has 15 heteroatoms. The van der Waals surface area contributed by atoms with Crippen LogP contribution in [0.2, 0.25) is 0 Å². The van der Waals surface area contributed by atoms with Gasteiger partial charge in [-0.1, -0.05) is 0 Å². The van der Waals surface area contributed by atoms with Crippen LogP contribution in [0.1, 0.15) is 18.9 Å². The Balaban J connectivity index is 2.21. The van der Waals surface area contributed by atoms with Crippen LogP contribution in [0.5, 0.6) is 0 Å². The first-order valence-corrected chi connectivity index (χ1v) is 8.44. The fourth-order valence-electron chi connectivity index (χ4n) is 2.30. The molecular weight excluding hydrogens is 406 g/mol. The molecule has 2 unspecified atom stereocenters. The van der Waals surface area contributed by atoms with Gasteiger partial charge >= 0.3 is 12.0 Å². The van der Waals surface area contributed by atoms with Gasteiger partial charge in [0.05, 0.1) is 12.6 Å². The highest BCUT2D eigenvalue weighted by Crippen LogP contribution is 2.18. The summed E-state index contributed by atoms with van der Waals surface area (Å²) in [6.45, 7) is 0.562. The fourth-order valence-corrected chi connectivity index (χ4v) is 2.30. The van der Waals surface area contributed by atoms with Crippen molar-refractivity contribution in [2.75, 3.05) is 18.0 Å². The van der Waals surface area contributed by atoms with Crippen molar-refractivity contribution in [2.24, 2.45) is 5.73 Å². The van der Waals surface area contributed by atoms with Crippen LogP contribution >= 0.6 is 0 Å². The third kappa shape index (κ3) is 5.74. The van der Waals surface area contributed by atoms with Gasteiger partial charge in [-0.3, -0.25) is 19.3 Å². The van der Waals surface area contributed by atoms with Crippen molar-refractivity contribution in [1.82, 2.24) is 26.1 Å². The summed E-state index contributed by atoms with van der Waals surface area (Å²) in [5.41, 5.74) is 5.04. The average molecular weight is 425 g/mol. The van der Waals surface area contributed by atoms with Gasteiger partial charge in [-0.2, -0.15) is 4.98 Å². The number of anilines is 1. The van der Waals surface area contributed by atoms with E-state index in [4.69, 9.17) is 15.4 Å². The number of amides is 5. The number of aromatic nitrogens is 2. The summed E-state index contributed by atoms with van der Waals surface area (Å²) in [5.74, 6) is -3.83. The number of hydrogen-bond acceptors (Lipinski definition) is 9. The lowest BCUT2D eigenvalue weighted by atomic mass is 10.2. The molecule has 1 aliphatic heterocycles. The number of carbonyl (C=O) groups excluding carboxylic acids is 4. The Kier molecular flexibility index (Phi) is 7.03. The first-order chi connectivity index (χ1) is 14.1. The first kappa shape index (κ1) is 22.3. The summed E-state index contributed by atoms with van der Waals surface area (Å²) in [5, 5.41) is 28.7. The molecule has 0 saturated carbocycles. The number of carboxylic acid groups (broad SMARTS) is 1. The minimum absolute atomic E-state index is 0.253. The molecule has 5 amide bonds. The van der Waals surface area contributed by atoms with Crippen LogP contribution in [-0.2, 0) is 19.2 Å². The molecule has 0 radical (unpaired) electrons. The SMILES string of the molecule is CC(O)[C@H](NC(=O)NC(/C=C/C(N)=O)c1nc(N2CC(=O)NCC2=O)no1)C(=O)O. The molecule has 15 nitrogen and oxygen atoms in total. The van der Waals surface area contributed by atoms with Crippen LogP contribution in [0.15, 0.2) is 16.7 Å². The molecule has 1 saturated heterocycles. The molecule has 0 spiro atoms. The standard InChI is InChI=1S/C15H19N7O8/c1-6(23)11(13(27)28)19-15(29)18-7(2-3-8(16)24)12-20-14(21-30-12)22-5-9(25)17-4-10(22)26/h2-3,6-7,11,23H,4-5H2,1H3,(H2,16,24)(H,17,25)(H,27,28)(H2,18,19,29)/b3-2+/t6?,7?,11-/m0/s1. The highest BCUT2D eigenvalue weighted by Gasteiger charge is 2.30. The number of aliphatic carboxylic acids is 1. The van der Waals surface area contributed by atoms with Gasteiger partial charge in [0, 0.05) is 6.08 Å². The average Bonchev–Trinajstić information content (AvgIpc) is 3.14. The fraction of sp³-hybridized carbons (Fsp3) is 0.400. The number of carbonyl (C=O) groups is 5. The maximum absolute atomic E-state index is 12.1. The Morgan fingerprint density at radius 1 is 1.33 bits per heavy atom. The summed E-state index contributed by atoms with van der Waals surface area (Å²) in [4.78, 5) is 62.6. The van der Waals surface area contributed by atoms with E-state index in [1.165, 1.54) is 6.92 Å². The van der Waals surface area contributed by atoms with Gasteiger partial charge < -0.3 is 36.4 Å². The van der Waals surface area contributed by atoms with E-state index in [0.717, 1.165) is 17.1 Å². The van der Waals surface area contributed by atoms with E-state index >= 15 is 0 Å². The quantitative estimate of drug-likeness (QED) is 0.228. The van der Waals surface area contributed by atoms with Gasteiger partial charge in [0.15, 0.2) is 6.04 Å². The third-order valence-electron chi connectivity index (χ3n) is 3.75. The van der Waals surface area contributed by atoms with Crippen molar-refractivity contribution >= 4 is 35.7 Å². The zero-order valence-electron chi connectivity index (χ0n) is 15.6. The van der Waals surface area contributed by atoms with E-state index in [-0.39, 0.29) is 24.9 Å². The Morgan fingerprint density at radius 2 is 2.03 bits per heavy atom. The molecular formula is C15H19N7O8. The molecule has 3 atom stereocenters. The number of nitrogens with two attached hydrogens (primary N) is 1. The van der Waals surface area contributed by atoms with Crippen molar-refractivity contribution < 1.29 is 38.7 Å². The Bertz CT molecular complexity index is 880. The van der Waals surface area contributed by atoms with Crippen molar-refractivity contribution in [3.63, 3.8) is 0 Å². The number of aliphatic hydroxyl groups excluding tert-OH is 1. The van der Waals surface area contributed by atoms with Crippen molar-refractivity contribution in [3.05, 3.63) is 18.0 Å². The summed E-state index contributed by atoms with van der Waals surface area (Å²) in [7, 11) is 0. The van der Waals surface area contributed by atoms with E-state index in [1.807, 2.05) is 5.32 Å². The molecule has 7 N–H and O–H groups in total. The van der Waals surface area contributed by atoms with Crippen LogP contribution < -0.4 is 26.6 Å². The van der Waals surface area contributed by atoms with Gasteiger partial charge in [0.25, 0.3) is 11.8 Å². The Morgan fingerprint density at radius 3 is 2.63 bits per heavy atom. The summed E-state index contributed by atoms with van der Waals surface area (Å²) >= 11 is 0.